The summed E-state index contributed by atoms with van der Waals surface area (Å²) in [4.78, 5) is 0. The summed E-state index contributed by atoms with van der Waals surface area (Å²) in [5.74, 6) is 0.327. The summed E-state index contributed by atoms with van der Waals surface area (Å²) in [6, 6.07) is 14.1. The molecule has 0 saturated carbocycles. The highest BCUT2D eigenvalue weighted by atomic mass is 16.3. The SMILES string of the molecule is CCc1cc2c(Cc3ccccc3)[nH]nc2cc1O. The average molecular weight is 252 g/mol. The summed E-state index contributed by atoms with van der Waals surface area (Å²) in [6.45, 7) is 2.04. The van der Waals surface area contributed by atoms with Gasteiger partial charge in [-0.2, -0.15) is 5.10 Å². The molecule has 19 heavy (non-hydrogen) atoms. The van der Waals surface area contributed by atoms with Crippen molar-refractivity contribution in [2.24, 2.45) is 0 Å². The van der Waals surface area contributed by atoms with Gasteiger partial charge in [-0.3, -0.25) is 5.10 Å². The standard InChI is InChI=1S/C16H16N2O/c1-2-12-9-13-14(8-11-6-4-3-5-7-11)17-18-15(13)10-16(12)19/h3-7,9-10,19H,2,8H2,1H3,(H,17,18). The minimum atomic E-state index is 0.327. The highest BCUT2D eigenvalue weighted by Gasteiger charge is 2.09. The van der Waals surface area contributed by atoms with E-state index in [4.69, 9.17) is 0 Å². The second-order valence-electron chi connectivity index (χ2n) is 4.72. The minimum absolute atomic E-state index is 0.327. The lowest BCUT2D eigenvalue weighted by Gasteiger charge is -2.03. The van der Waals surface area contributed by atoms with E-state index < -0.39 is 0 Å². The number of H-pyrrole nitrogens is 1. The van der Waals surface area contributed by atoms with Gasteiger partial charge < -0.3 is 5.11 Å². The van der Waals surface area contributed by atoms with E-state index >= 15 is 0 Å². The molecule has 3 rings (SSSR count). The third kappa shape index (κ3) is 2.19. The Bertz CT molecular complexity index is 701. The van der Waals surface area contributed by atoms with Crippen LogP contribution in [-0.4, -0.2) is 15.3 Å². The molecular weight excluding hydrogens is 236 g/mol. The van der Waals surface area contributed by atoms with Gasteiger partial charge in [0.2, 0.25) is 0 Å². The number of hydrogen-bond donors (Lipinski definition) is 2. The van der Waals surface area contributed by atoms with Crippen LogP contribution in [0, 0.1) is 0 Å². The van der Waals surface area contributed by atoms with Crippen LogP contribution in [-0.2, 0) is 12.8 Å². The fourth-order valence-corrected chi connectivity index (χ4v) is 2.36. The van der Waals surface area contributed by atoms with E-state index in [0.717, 1.165) is 35.0 Å². The predicted molar refractivity (Wildman–Crippen MR) is 76.4 cm³/mol. The van der Waals surface area contributed by atoms with Crippen LogP contribution in [0.4, 0.5) is 0 Å². The first-order valence-electron chi connectivity index (χ1n) is 6.50. The lowest BCUT2D eigenvalue weighted by atomic mass is 10.0. The molecule has 0 saturated heterocycles. The number of hydrogen-bond acceptors (Lipinski definition) is 2. The normalized spacial score (nSPS) is 11.0. The topological polar surface area (TPSA) is 48.9 Å². The summed E-state index contributed by atoms with van der Waals surface area (Å²) in [5.41, 5.74) is 4.12. The fraction of sp³-hybridized carbons (Fsp3) is 0.188. The molecule has 0 unspecified atom stereocenters. The Morgan fingerprint density at radius 3 is 2.68 bits per heavy atom. The smallest absolute Gasteiger partial charge is 0.121 e. The maximum atomic E-state index is 9.85. The Morgan fingerprint density at radius 1 is 1.16 bits per heavy atom. The van der Waals surface area contributed by atoms with Crippen LogP contribution < -0.4 is 0 Å². The van der Waals surface area contributed by atoms with E-state index in [1.165, 1.54) is 5.56 Å². The van der Waals surface area contributed by atoms with Crippen molar-refractivity contribution >= 4 is 10.9 Å². The number of fused-ring (bicyclic) bond motifs is 1. The molecule has 3 aromatic rings. The zero-order valence-corrected chi connectivity index (χ0v) is 10.9. The van der Waals surface area contributed by atoms with Gasteiger partial charge >= 0.3 is 0 Å². The number of aromatic nitrogens is 2. The van der Waals surface area contributed by atoms with Crippen molar-refractivity contribution in [2.45, 2.75) is 19.8 Å². The van der Waals surface area contributed by atoms with Crippen LogP contribution in [0.25, 0.3) is 10.9 Å². The second kappa shape index (κ2) is 4.76. The van der Waals surface area contributed by atoms with E-state index in [9.17, 15) is 5.11 Å². The van der Waals surface area contributed by atoms with Gasteiger partial charge in [0.1, 0.15) is 5.75 Å². The van der Waals surface area contributed by atoms with Crippen molar-refractivity contribution < 1.29 is 5.11 Å². The highest BCUT2D eigenvalue weighted by molar-refractivity contribution is 5.84. The van der Waals surface area contributed by atoms with Crippen molar-refractivity contribution in [3.8, 4) is 5.75 Å². The third-order valence-corrected chi connectivity index (χ3v) is 3.44. The third-order valence-electron chi connectivity index (χ3n) is 3.44. The van der Waals surface area contributed by atoms with Gasteiger partial charge in [0, 0.05) is 23.6 Å². The summed E-state index contributed by atoms with van der Waals surface area (Å²) in [5, 5.41) is 18.3. The van der Waals surface area contributed by atoms with Gasteiger partial charge in [-0.05, 0) is 23.6 Å². The molecule has 0 atom stereocenters. The van der Waals surface area contributed by atoms with Crippen molar-refractivity contribution in [1.29, 1.82) is 0 Å². The van der Waals surface area contributed by atoms with Gasteiger partial charge in [-0.15, -0.1) is 0 Å². The lowest BCUT2D eigenvalue weighted by Crippen LogP contribution is -1.89. The number of aryl methyl sites for hydroxylation is 1. The maximum Gasteiger partial charge on any atom is 0.121 e. The van der Waals surface area contributed by atoms with Crippen LogP contribution in [0.3, 0.4) is 0 Å². The predicted octanol–water partition coefficient (Wildman–Crippen LogP) is 3.42. The molecule has 0 radical (unpaired) electrons. The first kappa shape index (κ1) is 11.8. The summed E-state index contributed by atoms with van der Waals surface area (Å²) in [6.07, 6.45) is 1.64. The molecular formula is C16H16N2O. The first-order valence-corrected chi connectivity index (χ1v) is 6.50. The van der Waals surface area contributed by atoms with E-state index in [2.05, 4.69) is 22.3 Å². The number of nitrogens with zero attached hydrogens (tertiary/aromatic N) is 1. The van der Waals surface area contributed by atoms with E-state index in [0.29, 0.717) is 5.75 Å². The molecule has 2 N–H and O–H groups in total. The molecule has 0 aliphatic carbocycles. The Balaban J connectivity index is 2.05. The number of phenols is 1. The molecule has 1 aromatic heterocycles. The van der Waals surface area contributed by atoms with Crippen molar-refractivity contribution in [3.05, 3.63) is 59.3 Å². The molecule has 0 spiro atoms. The highest BCUT2D eigenvalue weighted by Crippen LogP contribution is 2.27. The van der Waals surface area contributed by atoms with Crippen LogP contribution in [0.15, 0.2) is 42.5 Å². The monoisotopic (exact) mass is 252 g/mol. The van der Waals surface area contributed by atoms with Crippen LogP contribution >= 0.6 is 0 Å². The summed E-state index contributed by atoms with van der Waals surface area (Å²) >= 11 is 0. The Labute approximate surface area is 111 Å². The number of aromatic amines is 1. The van der Waals surface area contributed by atoms with Gasteiger partial charge in [-0.1, -0.05) is 37.3 Å². The molecule has 0 aliphatic heterocycles. The molecule has 0 aliphatic rings. The Morgan fingerprint density at radius 2 is 1.95 bits per heavy atom. The first-order chi connectivity index (χ1) is 9.28. The Hall–Kier alpha value is -2.29. The number of nitrogens with one attached hydrogen (secondary N) is 1. The molecule has 2 aromatic carbocycles. The Kier molecular flexibility index (Phi) is 2.95. The molecule has 1 heterocycles. The van der Waals surface area contributed by atoms with Crippen LogP contribution in [0.2, 0.25) is 0 Å². The van der Waals surface area contributed by atoms with Gasteiger partial charge in [0.05, 0.1) is 5.52 Å². The fourth-order valence-electron chi connectivity index (χ4n) is 2.36. The second-order valence-corrected chi connectivity index (χ2v) is 4.72. The quantitative estimate of drug-likeness (QED) is 0.750. The van der Waals surface area contributed by atoms with E-state index in [1.807, 2.05) is 31.2 Å². The lowest BCUT2D eigenvalue weighted by molar-refractivity contribution is 0.469. The summed E-state index contributed by atoms with van der Waals surface area (Å²) < 4.78 is 0. The molecule has 3 nitrogen and oxygen atoms in total. The largest absolute Gasteiger partial charge is 0.508 e. The number of benzene rings is 2. The summed E-state index contributed by atoms with van der Waals surface area (Å²) in [7, 11) is 0. The molecule has 0 bridgehead atoms. The molecule has 0 fully saturated rings. The zero-order valence-electron chi connectivity index (χ0n) is 10.9. The van der Waals surface area contributed by atoms with Crippen molar-refractivity contribution in [3.63, 3.8) is 0 Å². The van der Waals surface area contributed by atoms with Gasteiger partial charge in [0.15, 0.2) is 0 Å². The molecule has 0 amide bonds. The number of rotatable bonds is 3. The molecule has 3 heteroatoms. The van der Waals surface area contributed by atoms with Gasteiger partial charge in [-0.25, -0.2) is 0 Å². The van der Waals surface area contributed by atoms with Crippen molar-refractivity contribution in [1.82, 2.24) is 10.2 Å². The molecule has 96 valence electrons. The number of aromatic hydroxyl groups is 1. The van der Waals surface area contributed by atoms with Crippen LogP contribution in [0.1, 0.15) is 23.7 Å². The average Bonchev–Trinajstić information content (AvgIpc) is 2.81. The van der Waals surface area contributed by atoms with Crippen LogP contribution in [0.5, 0.6) is 5.75 Å². The number of phenolic OH excluding ortho intramolecular Hbond substituents is 1. The minimum Gasteiger partial charge on any atom is -0.508 e. The van der Waals surface area contributed by atoms with E-state index in [1.54, 1.807) is 6.07 Å². The zero-order chi connectivity index (χ0) is 13.2. The van der Waals surface area contributed by atoms with Crippen molar-refractivity contribution in [2.75, 3.05) is 0 Å². The van der Waals surface area contributed by atoms with E-state index in [-0.39, 0.29) is 0 Å². The van der Waals surface area contributed by atoms with Gasteiger partial charge in [0.25, 0.3) is 0 Å². The maximum absolute atomic E-state index is 9.85.